The zero-order valence-corrected chi connectivity index (χ0v) is 14.6. The van der Waals surface area contributed by atoms with Crippen LogP contribution in [0.1, 0.15) is 31.1 Å². The zero-order chi connectivity index (χ0) is 20.2. The van der Waals surface area contributed by atoms with Crippen molar-refractivity contribution in [1.82, 2.24) is 0 Å². The molecule has 9 heteroatoms. The zero-order valence-electron chi connectivity index (χ0n) is 13.9. The average Bonchev–Trinajstić information content (AvgIpc) is 2.66. The van der Waals surface area contributed by atoms with Crippen molar-refractivity contribution in [3.8, 4) is 0 Å². The summed E-state index contributed by atoms with van der Waals surface area (Å²) in [5, 5.41) is 20.9. The van der Waals surface area contributed by atoms with Crippen molar-refractivity contribution in [2.24, 2.45) is 0 Å². The molecule has 0 fully saturated rings. The Kier molecular flexibility index (Phi) is 3.86. The van der Waals surface area contributed by atoms with Gasteiger partial charge in [-0.3, -0.25) is 19.7 Å². The smallest absolute Gasteiger partial charge is 0.335 e. The lowest BCUT2D eigenvalue weighted by molar-refractivity contribution is -0.383. The Labute approximate surface area is 161 Å². The van der Waals surface area contributed by atoms with Gasteiger partial charge in [0.25, 0.3) is 17.5 Å². The number of non-ortho nitro benzene ring substituents is 1. The van der Waals surface area contributed by atoms with Gasteiger partial charge in [0.05, 0.1) is 26.6 Å². The molecular weight excluding hydrogens is 388 g/mol. The average molecular weight is 397 g/mol. The number of carbonyl (C=O) groups excluding carboxylic acids is 2. The molecule has 0 unspecified atom stereocenters. The number of hydrogen-bond donors (Lipinski definition) is 1. The van der Waals surface area contributed by atoms with Gasteiger partial charge in [0.15, 0.2) is 0 Å². The molecule has 0 spiro atoms. The molecule has 28 heavy (non-hydrogen) atoms. The molecule has 2 amide bonds. The van der Waals surface area contributed by atoms with Gasteiger partial charge >= 0.3 is 5.97 Å². The maximum atomic E-state index is 13.1. The minimum absolute atomic E-state index is 0.0178. The van der Waals surface area contributed by atoms with E-state index in [1.807, 2.05) is 0 Å². The fourth-order valence-corrected chi connectivity index (χ4v) is 3.48. The second-order valence-corrected chi connectivity index (χ2v) is 6.44. The molecule has 1 heterocycles. The van der Waals surface area contributed by atoms with E-state index in [-0.39, 0.29) is 43.9 Å². The van der Waals surface area contributed by atoms with Crippen LogP contribution in [0.4, 0.5) is 11.4 Å². The SMILES string of the molecule is O=C(O)c1ccc(Cl)c(N2C(=O)c3cccc4c([N+](=O)[O-])ccc(c34)C2=O)c1. The summed E-state index contributed by atoms with van der Waals surface area (Å²) in [7, 11) is 0. The van der Waals surface area contributed by atoms with E-state index in [1.165, 1.54) is 42.5 Å². The van der Waals surface area contributed by atoms with Gasteiger partial charge in [-0.2, -0.15) is 0 Å². The summed E-state index contributed by atoms with van der Waals surface area (Å²) in [5.74, 6) is -2.73. The summed E-state index contributed by atoms with van der Waals surface area (Å²) < 4.78 is 0. The maximum absolute atomic E-state index is 13.1. The third-order valence-corrected chi connectivity index (χ3v) is 4.83. The van der Waals surface area contributed by atoms with Crippen LogP contribution in [0.25, 0.3) is 10.8 Å². The fourth-order valence-electron chi connectivity index (χ4n) is 3.28. The van der Waals surface area contributed by atoms with Crippen LogP contribution >= 0.6 is 11.6 Å². The molecule has 0 radical (unpaired) electrons. The summed E-state index contributed by atoms with van der Waals surface area (Å²) >= 11 is 6.13. The van der Waals surface area contributed by atoms with Gasteiger partial charge in [0.1, 0.15) is 0 Å². The number of carboxylic acids is 1. The standard InChI is InChI=1S/C19H9ClN2O6/c20-13-6-4-9(19(25)26)8-15(13)21-17(23)11-3-1-2-10-14(22(27)28)7-5-12(16(10)11)18(21)24/h1-8H,(H,25,26). The molecule has 4 rings (SSSR count). The van der Waals surface area contributed by atoms with Crippen LogP contribution in [-0.4, -0.2) is 27.8 Å². The van der Waals surface area contributed by atoms with E-state index >= 15 is 0 Å². The van der Waals surface area contributed by atoms with Crippen molar-refractivity contribution >= 4 is 51.5 Å². The number of anilines is 1. The Morgan fingerprint density at radius 2 is 1.71 bits per heavy atom. The second kappa shape index (κ2) is 6.14. The third-order valence-electron chi connectivity index (χ3n) is 4.52. The Bertz CT molecular complexity index is 1210. The molecule has 0 aliphatic carbocycles. The normalized spacial score (nSPS) is 13.1. The highest BCUT2D eigenvalue weighted by Crippen LogP contribution is 2.38. The molecule has 0 bridgehead atoms. The number of amides is 2. The predicted octanol–water partition coefficient (Wildman–Crippen LogP) is 3.90. The number of imide groups is 1. The van der Waals surface area contributed by atoms with E-state index < -0.39 is 22.7 Å². The highest BCUT2D eigenvalue weighted by Gasteiger charge is 2.36. The molecule has 3 aromatic rings. The number of rotatable bonds is 3. The van der Waals surface area contributed by atoms with Crippen LogP contribution in [0.5, 0.6) is 0 Å². The van der Waals surface area contributed by atoms with Gasteiger partial charge in [-0.25, -0.2) is 9.69 Å². The van der Waals surface area contributed by atoms with Crippen molar-refractivity contribution < 1.29 is 24.4 Å². The van der Waals surface area contributed by atoms with Crippen LogP contribution in [0.3, 0.4) is 0 Å². The van der Waals surface area contributed by atoms with Crippen molar-refractivity contribution in [1.29, 1.82) is 0 Å². The molecule has 0 saturated heterocycles. The molecule has 1 N–H and O–H groups in total. The van der Waals surface area contributed by atoms with Crippen LogP contribution in [0, 0.1) is 10.1 Å². The van der Waals surface area contributed by atoms with E-state index in [0.717, 1.165) is 11.0 Å². The van der Waals surface area contributed by atoms with Gasteiger partial charge in [-0.15, -0.1) is 0 Å². The summed E-state index contributed by atoms with van der Waals surface area (Å²) in [6.45, 7) is 0. The van der Waals surface area contributed by atoms with E-state index in [4.69, 9.17) is 11.6 Å². The Morgan fingerprint density at radius 3 is 2.36 bits per heavy atom. The van der Waals surface area contributed by atoms with Crippen molar-refractivity contribution in [3.05, 3.63) is 80.4 Å². The summed E-state index contributed by atoms with van der Waals surface area (Å²) in [6, 6.07) is 10.6. The Hall–Kier alpha value is -3.78. The molecule has 138 valence electrons. The van der Waals surface area contributed by atoms with E-state index in [0.29, 0.717) is 0 Å². The number of nitro benzene ring substituents is 1. The molecule has 1 aliphatic rings. The first-order valence-corrected chi connectivity index (χ1v) is 8.31. The minimum Gasteiger partial charge on any atom is -0.478 e. The number of nitro groups is 1. The number of nitrogens with zero attached hydrogens (tertiary/aromatic N) is 2. The number of carboxylic acid groups (broad SMARTS) is 1. The number of benzene rings is 3. The first kappa shape index (κ1) is 17.6. The Morgan fingerprint density at radius 1 is 1.04 bits per heavy atom. The van der Waals surface area contributed by atoms with Crippen LogP contribution in [0.2, 0.25) is 5.02 Å². The molecule has 1 aliphatic heterocycles. The summed E-state index contributed by atoms with van der Waals surface area (Å²) in [6.07, 6.45) is 0. The molecule has 0 atom stereocenters. The number of aromatic carboxylic acids is 1. The Balaban J connectivity index is 1.99. The third kappa shape index (κ3) is 2.43. The topological polar surface area (TPSA) is 118 Å². The highest BCUT2D eigenvalue weighted by atomic mass is 35.5. The summed E-state index contributed by atoms with van der Waals surface area (Å²) in [5.41, 5.74) is -0.258. The predicted molar refractivity (Wildman–Crippen MR) is 100 cm³/mol. The fraction of sp³-hybridized carbons (Fsp3) is 0. The quantitative estimate of drug-likeness (QED) is 0.407. The van der Waals surface area contributed by atoms with Crippen LogP contribution < -0.4 is 4.90 Å². The van der Waals surface area contributed by atoms with E-state index in [9.17, 15) is 29.6 Å². The second-order valence-electron chi connectivity index (χ2n) is 6.03. The lowest BCUT2D eigenvalue weighted by Gasteiger charge is -2.28. The molecule has 8 nitrogen and oxygen atoms in total. The van der Waals surface area contributed by atoms with Gasteiger partial charge in [0, 0.05) is 22.6 Å². The largest absolute Gasteiger partial charge is 0.478 e. The van der Waals surface area contributed by atoms with Crippen LogP contribution in [-0.2, 0) is 0 Å². The number of carbonyl (C=O) groups is 3. The van der Waals surface area contributed by atoms with Gasteiger partial charge < -0.3 is 5.11 Å². The van der Waals surface area contributed by atoms with Gasteiger partial charge in [-0.05, 0) is 36.4 Å². The lowest BCUT2D eigenvalue weighted by Crippen LogP contribution is -2.40. The van der Waals surface area contributed by atoms with E-state index in [2.05, 4.69) is 0 Å². The van der Waals surface area contributed by atoms with Gasteiger partial charge in [0.2, 0.25) is 0 Å². The minimum atomic E-state index is -1.24. The monoisotopic (exact) mass is 396 g/mol. The van der Waals surface area contributed by atoms with Crippen molar-refractivity contribution in [2.75, 3.05) is 4.90 Å². The van der Waals surface area contributed by atoms with E-state index in [1.54, 1.807) is 0 Å². The molecule has 0 aromatic heterocycles. The first-order valence-electron chi connectivity index (χ1n) is 7.93. The van der Waals surface area contributed by atoms with Crippen LogP contribution in [0.15, 0.2) is 48.5 Å². The lowest BCUT2D eigenvalue weighted by atomic mass is 9.92. The molecule has 3 aromatic carbocycles. The van der Waals surface area contributed by atoms with Crippen molar-refractivity contribution in [2.45, 2.75) is 0 Å². The van der Waals surface area contributed by atoms with Gasteiger partial charge in [-0.1, -0.05) is 17.7 Å². The highest BCUT2D eigenvalue weighted by molar-refractivity contribution is 6.40. The number of hydrogen-bond acceptors (Lipinski definition) is 5. The number of halogens is 1. The van der Waals surface area contributed by atoms with Crippen molar-refractivity contribution in [3.63, 3.8) is 0 Å². The first-order chi connectivity index (χ1) is 13.3. The molecule has 0 saturated carbocycles. The maximum Gasteiger partial charge on any atom is 0.335 e. The summed E-state index contributed by atoms with van der Waals surface area (Å²) in [4.78, 5) is 48.9. The molecular formula is C19H9ClN2O6.